The molecule has 1 aromatic carbocycles. The van der Waals surface area contributed by atoms with E-state index < -0.39 is 34.9 Å². The molecule has 6 heteroatoms. The average Bonchev–Trinajstić information content (AvgIpc) is 3.27. The molecule has 2 rings (SSSR count). The van der Waals surface area contributed by atoms with E-state index in [1.165, 1.54) is 12.1 Å². The third kappa shape index (κ3) is 6.39. The highest BCUT2D eigenvalue weighted by atomic mass is 19.1. The van der Waals surface area contributed by atoms with Crippen molar-refractivity contribution in [2.24, 2.45) is 23.5 Å². The molecular weight excluding hydrogens is 338 g/mol. The Morgan fingerprint density at radius 1 is 1.15 bits per heavy atom. The maximum atomic E-state index is 13.4. The predicted octanol–water partition coefficient (Wildman–Crippen LogP) is 3.33. The van der Waals surface area contributed by atoms with Crippen molar-refractivity contribution in [2.45, 2.75) is 58.4 Å². The van der Waals surface area contributed by atoms with Gasteiger partial charge in [0.25, 0.3) is 0 Å². The Morgan fingerprint density at radius 2 is 1.73 bits per heavy atom. The summed E-state index contributed by atoms with van der Waals surface area (Å²) in [6.45, 7) is 5.65. The fraction of sp³-hybridized carbons (Fsp3) is 0.600. The quantitative estimate of drug-likeness (QED) is 0.741. The Hall–Kier alpha value is -1.98. The van der Waals surface area contributed by atoms with E-state index in [-0.39, 0.29) is 18.7 Å². The van der Waals surface area contributed by atoms with Crippen molar-refractivity contribution in [3.8, 4) is 0 Å². The first-order chi connectivity index (χ1) is 12.0. The number of aryl methyl sites for hydroxylation is 1. The zero-order valence-electron chi connectivity index (χ0n) is 15.6. The van der Waals surface area contributed by atoms with Gasteiger partial charge in [-0.3, -0.25) is 9.59 Å². The molecule has 144 valence electrons. The summed E-state index contributed by atoms with van der Waals surface area (Å²) in [7, 11) is 0. The lowest BCUT2D eigenvalue weighted by atomic mass is 9.82. The van der Waals surface area contributed by atoms with E-state index >= 15 is 0 Å². The number of hydrogen-bond donors (Lipinski definition) is 2. The van der Waals surface area contributed by atoms with Gasteiger partial charge in [0.15, 0.2) is 0 Å². The van der Waals surface area contributed by atoms with Crippen molar-refractivity contribution in [1.82, 2.24) is 5.32 Å². The lowest BCUT2D eigenvalue weighted by molar-refractivity contribution is -0.135. The molecule has 2 unspecified atom stereocenters. The smallest absolute Gasteiger partial charge is 0.224 e. The molecule has 3 N–H and O–H groups in total. The second-order valence-corrected chi connectivity index (χ2v) is 8.35. The molecule has 2 amide bonds. The van der Waals surface area contributed by atoms with Crippen LogP contribution in [0.3, 0.4) is 0 Å². The van der Waals surface area contributed by atoms with Crippen LogP contribution in [-0.2, 0) is 16.0 Å². The molecule has 0 bridgehead atoms. The minimum absolute atomic E-state index is 0.182. The first kappa shape index (κ1) is 20.3. The highest BCUT2D eigenvalue weighted by Gasteiger charge is 2.38. The minimum Gasteiger partial charge on any atom is -0.369 e. The predicted molar refractivity (Wildman–Crippen MR) is 96.1 cm³/mol. The van der Waals surface area contributed by atoms with Gasteiger partial charge in [0.05, 0.1) is 0 Å². The number of nitrogens with two attached hydrogens (primary N) is 1. The van der Waals surface area contributed by atoms with E-state index in [0.29, 0.717) is 17.9 Å². The van der Waals surface area contributed by atoms with Crippen LogP contribution in [0, 0.1) is 29.4 Å². The molecule has 1 saturated carbocycles. The Bertz CT molecular complexity index is 646. The molecule has 4 nitrogen and oxygen atoms in total. The topological polar surface area (TPSA) is 72.2 Å². The Kier molecular flexibility index (Phi) is 6.37. The third-order valence-electron chi connectivity index (χ3n) is 4.64. The number of nitrogens with one attached hydrogen (secondary N) is 1. The van der Waals surface area contributed by atoms with Crippen LogP contribution in [0.1, 0.15) is 52.0 Å². The number of amides is 2. The van der Waals surface area contributed by atoms with Crippen molar-refractivity contribution in [2.75, 3.05) is 0 Å². The molecule has 0 aliphatic heterocycles. The first-order valence-corrected chi connectivity index (χ1v) is 9.11. The minimum atomic E-state index is -0.663. The molecule has 0 aromatic heterocycles. The molecular formula is C20H28F2N2O2. The lowest BCUT2D eigenvalue weighted by Crippen LogP contribution is -2.47. The summed E-state index contributed by atoms with van der Waals surface area (Å²) in [6, 6.07) is 3.29. The fourth-order valence-corrected chi connectivity index (χ4v) is 3.25. The molecule has 0 radical (unpaired) electrons. The SMILES string of the molecule is CC(C)(C)NC(=O)C(CC1CC1)C(CCc1cc(F)cc(F)c1)C(N)=O. The summed E-state index contributed by atoms with van der Waals surface area (Å²) < 4.78 is 26.7. The van der Waals surface area contributed by atoms with Gasteiger partial charge in [-0.1, -0.05) is 12.8 Å². The molecule has 0 heterocycles. The van der Waals surface area contributed by atoms with Crippen LogP contribution in [0.2, 0.25) is 0 Å². The zero-order chi connectivity index (χ0) is 19.5. The fourth-order valence-electron chi connectivity index (χ4n) is 3.25. The number of carbonyl (C=O) groups excluding carboxylic acids is 2. The standard InChI is InChI=1S/C20H28F2N2O2/c1-20(2,3)24-19(26)17(10-12-4-5-12)16(18(23)25)7-6-13-8-14(21)11-15(22)9-13/h8-9,11-12,16-17H,4-7,10H2,1-3H3,(H2,23,25)(H,24,26). The van der Waals surface area contributed by atoms with Crippen LogP contribution in [0.15, 0.2) is 18.2 Å². The lowest BCUT2D eigenvalue weighted by Gasteiger charge is -2.29. The maximum Gasteiger partial charge on any atom is 0.224 e. The van der Waals surface area contributed by atoms with Gasteiger partial charge in [0.1, 0.15) is 11.6 Å². The summed E-state index contributed by atoms with van der Waals surface area (Å²) in [5, 5.41) is 2.94. The monoisotopic (exact) mass is 366 g/mol. The van der Waals surface area contributed by atoms with Gasteiger partial charge < -0.3 is 11.1 Å². The summed E-state index contributed by atoms with van der Waals surface area (Å²) >= 11 is 0. The molecule has 1 aliphatic carbocycles. The zero-order valence-corrected chi connectivity index (χ0v) is 15.6. The van der Waals surface area contributed by atoms with Gasteiger partial charge in [-0.05, 0) is 63.6 Å². The number of benzene rings is 1. The van der Waals surface area contributed by atoms with Crippen LogP contribution in [-0.4, -0.2) is 17.4 Å². The van der Waals surface area contributed by atoms with Crippen molar-refractivity contribution >= 4 is 11.8 Å². The van der Waals surface area contributed by atoms with Gasteiger partial charge in [0, 0.05) is 23.4 Å². The van der Waals surface area contributed by atoms with E-state index in [1.807, 2.05) is 20.8 Å². The van der Waals surface area contributed by atoms with E-state index in [2.05, 4.69) is 5.32 Å². The van der Waals surface area contributed by atoms with Crippen molar-refractivity contribution in [1.29, 1.82) is 0 Å². The molecule has 1 fully saturated rings. The van der Waals surface area contributed by atoms with Crippen LogP contribution in [0.25, 0.3) is 0 Å². The van der Waals surface area contributed by atoms with Crippen LogP contribution >= 0.6 is 0 Å². The maximum absolute atomic E-state index is 13.4. The number of carbonyl (C=O) groups is 2. The third-order valence-corrected chi connectivity index (χ3v) is 4.64. The number of rotatable bonds is 8. The van der Waals surface area contributed by atoms with Crippen LogP contribution in [0.4, 0.5) is 8.78 Å². The first-order valence-electron chi connectivity index (χ1n) is 9.11. The number of halogens is 2. The average molecular weight is 366 g/mol. The highest BCUT2D eigenvalue weighted by Crippen LogP contribution is 2.38. The summed E-state index contributed by atoms with van der Waals surface area (Å²) in [4.78, 5) is 24.8. The van der Waals surface area contributed by atoms with Crippen molar-refractivity contribution in [3.05, 3.63) is 35.4 Å². The molecule has 26 heavy (non-hydrogen) atoms. The van der Waals surface area contributed by atoms with Gasteiger partial charge in [-0.15, -0.1) is 0 Å². The second-order valence-electron chi connectivity index (χ2n) is 8.35. The van der Waals surface area contributed by atoms with E-state index in [0.717, 1.165) is 18.9 Å². The van der Waals surface area contributed by atoms with Gasteiger partial charge in [0.2, 0.25) is 11.8 Å². The molecule has 0 saturated heterocycles. The summed E-state index contributed by atoms with van der Waals surface area (Å²) in [5.74, 6) is -2.78. The van der Waals surface area contributed by atoms with Gasteiger partial charge in [-0.25, -0.2) is 8.78 Å². The van der Waals surface area contributed by atoms with E-state index in [4.69, 9.17) is 5.73 Å². The summed E-state index contributed by atoms with van der Waals surface area (Å²) in [5.41, 5.74) is 5.64. The highest BCUT2D eigenvalue weighted by molar-refractivity contribution is 5.87. The Labute approximate surface area is 153 Å². The number of hydrogen-bond acceptors (Lipinski definition) is 2. The number of primary amides is 1. The van der Waals surface area contributed by atoms with Crippen LogP contribution < -0.4 is 11.1 Å². The van der Waals surface area contributed by atoms with Crippen LogP contribution in [0.5, 0.6) is 0 Å². The molecule has 2 atom stereocenters. The Morgan fingerprint density at radius 3 is 2.19 bits per heavy atom. The molecule has 0 spiro atoms. The Balaban J connectivity index is 2.14. The van der Waals surface area contributed by atoms with Gasteiger partial charge >= 0.3 is 0 Å². The largest absolute Gasteiger partial charge is 0.369 e. The van der Waals surface area contributed by atoms with E-state index in [9.17, 15) is 18.4 Å². The molecule has 1 aliphatic rings. The van der Waals surface area contributed by atoms with E-state index in [1.54, 1.807) is 0 Å². The van der Waals surface area contributed by atoms with Crippen molar-refractivity contribution < 1.29 is 18.4 Å². The van der Waals surface area contributed by atoms with Gasteiger partial charge in [-0.2, -0.15) is 0 Å². The second kappa shape index (κ2) is 8.14. The normalized spacial score (nSPS) is 16.8. The summed E-state index contributed by atoms with van der Waals surface area (Å²) in [6.07, 6.45) is 3.30. The van der Waals surface area contributed by atoms with Crippen molar-refractivity contribution in [3.63, 3.8) is 0 Å². The molecule has 1 aromatic rings.